The van der Waals surface area contributed by atoms with Crippen LogP contribution in [0.3, 0.4) is 0 Å². The lowest BCUT2D eigenvalue weighted by atomic mass is 9.58. The summed E-state index contributed by atoms with van der Waals surface area (Å²) in [4.78, 5) is 27.7. The molecule has 12 nitrogen and oxygen atoms in total. The Kier molecular flexibility index (Phi) is 14.8. The molecule has 6 heterocycles. The van der Waals surface area contributed by atoms with Gasteiger partial charge in [-0.25, -0.2) is 14.6 Å². The molecule has 2 aromatic rings. The number of carbonyl (C=O) groups is 1. The van der Waals surface area contributed by atoms with E-state index in [2.05, 4.69) is 123 Å². The van der Waals surface area contributed by atoms with Crippen molar-refractivity contribution in [2.45, 2.75) is 167 Å². The van der Waals surface area contributed by atoms with Gasteiger partial charge in [-0.05, 0) is 126 Å². The smallest absolute Gasteiger partial charge is 0.409 e. The minimum atomic E-state index is -4.00. The number of hydrogen-bond acceptors (Lipinski definition) is 9. The Labute approximate surface area is 421 Å². The minimum Gasteiger partial charge on any atom is -0.419 e. The van der Waals surface area contributed by atoms with E-state index in [9.17, 15) is 17.8 Å². The number of anilines is 1. The molecule has 14 heteroatoms. The minimum absolute atomic E-state index is 0.0766. The summed E-state index contributed by atoms with van der Waals surface area (Å²) >= 11 is 7.31. The molecule has 1 amide bonds. The average molecular weight is 1000 g/mol. The number of rotatable bonds is 16. The Morgan fingerprint density at radius 1 is 0.886 bits per heavy atom. The molecule has 1 saturated carbocycles. The Balaban J connectivity index is 0.818. The number of halogens is 1. The molecule has 6 aliphatic heterocycles. The van der Waals surface area contributed by atoms with Crippen LogP contribution in [0.4, 0.5) is 16.2 Å². The van der Waals surface area contributed by atoms with E-state index >= 15 is 0 Å². The van der Waals surface area contributed by atoms with Crippen molar-refractivity contribution >= 4 is 44.9 Å². The van der Waals surface area contributed by atoms with Gasteiger partial charge in [0.1, 0.15) is 6.54 Å². The first kappa shape index (κ1) is 51.1. The number of ether oxygens (including phenoxy) is 3. The maximum Gasteiger partial charge on any atom is 0.409 e. The predicted octanol–water partition coefficient (Wildman–Crippen LogP) is 12.1. The molecule has 1 unspecified atom stereocenters. The third-order valence-corrected chi connectivity index (χ3v) is 18.2. The second-order valence-electron chi connectivity index (χ2n) is 22.3. The van der Waals surface area contributed by atoms with E-state index in [1.807, 2.05) is 13.0 Å². The van der Waals surface area contributed by atoms with Crippen LogP contribution in [0, 0.1) is 23.7 Å². The number of carbonyl (C=O) groups excluding carboxylic acids is 1. The lowest BCUT2D eigenvalue weighted by Crippen LogP contribution is -2.70. The van der Waals surface area contributed by atoms with Gasteiger partial charge >= 0.3 is 6.09 Å². The SMILES string of the molecule is C[C@@H]1C(OC(=O)NCCCCCC[N+]2=C(C=CC3=C(Cl)C(=CC=C4N(CCCCS(=O)(=O)O)c5ccccc5C4(C)C)CCC3)C(C)(C)c3ccccc32)O[C@H]2O[C@]3(C)CC[C@@H]4[C@@H](C)CC[C@H]1[C@]24OO3. The molecule has 2 N–H and O–H groups in total. The number of nitrogens with zero attached hydrogens (tertiary/aromatic N) is 2. The topological polar surface area (TPSA) is 136 Å². The predicted molar refractivity (Wildman–Crippen MR) is 274 cm³/mol. The van der Waals surface area contributed by atoms with E-state index < -0.39 is 40.2 Å². The zero-order chi connectivity index (χ0) is 49.6. The third-order valence-electron chi connectivity index (χ3n) is 16.9. The first-order chi connectivity index (χ1) is 33.3. The first-order valence-electron chi connectivity index (χ1n) is 26.0. The monoisotopic (exact) mass is 1000 g/mol. The fourth-order valence-electron chi connectivity index (χ4n) is 13.0. The van der Waals surface area contributed by atoms with Crippen LogP contribution in [-0.2, 0) is 44.9 Å². The molecule has 10 rings (SSSR count). The van der Waals surface area contributed by atoms with E-state index in [1.54, 1.807) is 0 Å². The molecule has 70 heavy (non-hydrogen) atoms. The molecule has 2 bridgehead atoms. The van der Waals surface area contributed by atoms with Gasteiger partial charge in [-0.3, -0.25) is 4.55 Å². The number of para-hydroxylation sites is 2. The number of allylic oxidation sites excluding steroid dienone is 8. The molecule has 2 aliphatic carbocycles. The Morgan fingerprint density at radius 2 is 1.64 bits per heavy atom. The zero-order valence-electron chi connectivity index (χ0n) is 42.3. The lowest BCUT2D eigenvalue weighted by Gasteiger charge is -2.59. The van der Waals surface area contributed by atoms with Crippen molar-refractivity contribution in [2.24, 2.45) is 23.7 Å². The number of fused-ring (bicyclic) bond motifs is 4. The summed E-state index contributed by atoms with van der Waals surface area (Å²) in [5.41, 5.74) is 8.39. The van der Waals surface area contributed by atoms with Gasteiger partial charge in [-0.15, -0.1) is 0 Å². The van der Waals surface area contributed by atoms with Gasteiger partial charge in [-0.2, -0.15) is 13.0 Å². The van der Waals surface area contributed by atoms with E-state index in [4.69, 9.17) is 35.6 Å². The summed E-state index contributed by atoms with van der Waals surface area (Å²) < 4.78 is 53.5. The molecule has 8 atom stereocenters. The molecule has 0 aromatic heterocycles. The van der Waals surface area contributed by atoms with Crippen LogP contribution >= 0.6 is 11.6 Å². The largest absolute Gasteiger partial charge is 0.419 e. The van der Waals surface area contributed by atoms with Crippen molar-refractivity contribution in [1.82, 2.24) is 5.32 Å². The number of nitrogens with one attached hydrogen (secondary N) is 1. The summed E-state index contributed by atoms with van der Waals surface area (Å²) in [6, 6.07) is 17.1. The van der Waals surface area contributed by atoms with Crippen LogP contribution < -0.4 is 10.2 Å². The van der Waals surface area contributed by atoms with Gasteiger partial charge in [0.2, 0.25) is 17.8 Å². The van der Waals surface area contributed by atoms with Gasteiger partial charge in [0.05, 0.1) is 11.2 Å². The summed E-state index contributed by atoms with van der Waals surface area (Å²) in [7, 11) is -4.00. The zero-order valence-corrected chi connectivity index (χ0v) is 43.9. The van der Waals surface area contributed by atoms with Gasteiger partial charge < -0.3 is 24.4 Å². The fourth-order valence-corrected chi connectivity index (χ4v) is 13.9. The van der Waals surface area contributed by atoms with E-state index in [0.29, 0.717) is 31.8 Å². The lowest BCUT2D eigenvalue weighted by molar-refractivity contribution is -0.576. The summed E-state index contributed by atoms with van der Waals surface area (Å²) in [6.45, 7) is 17.4. The van der Waals surface area contributed by atoms with Crippen LogP contribution in [0.1, 0.15) is 143 Å². The van der Waals surface area contributed by atoms with Crippen LogP contribution in [0.2, 0.25) is 0 Å². The maximum absolute atomic E-state index is 13.2. The molecule has 8 aliphatic rings. The van der Waals surface area contributed by atoms with Gasteiger partial charge in [0.25, 0.3) is 10.1 Å². The average Bonchev–Trinajstić information content (AvgIpc) is 3.50. The summed E-state index contributed by atoms with van der Waals surface area (Å²) in [6.07, 6.45) is 18.4. The van der Waals surface area contributed by atoms with E-state index in [1.165, 1.54) is 22.5 Å². The van der Waals surface area contributed by atoms with Gasteiger partial charge in [-0.1, -0.05) is 94.3 Å². The highest BCUT2D eigenvalue weighted by atomic mass is 35.5. The first-order valence-corrected chi connectivity index (χ1v) is 28.0. The molecule has 380 valence electrons. The molecule has 0 radical (unpaired) electrons. The molecule has 1 spiro atoms. The third kappa shape index (κ3) is 9.86. The van der Waals surface area contributed by atoms with Gasteiger partial charge in [0.15, 0.2) is 17.6 Å². The van der Waals surface area contributed by atoms with Gasteiger partial charge in [0, 0.05) is 77.3 Å². The van der Waals surface area contributed by atoms with Crippen LogP contribution in [-0.4, -0.2) is 78.7 Å². The second-order valence-corrected chi connectivity index (χ2v) is 24.2. The quantitative estimate of drug-likeness (QED) is 0.0724. The van der Waals surface area contributed by atoms with Crippen molar-refractivity contribution < 1.29 is 46.3 Å². The van der Waals surface area contributed by atoms with Crippen LogP contribution in [0.15, 0.2) is 94.7 Å². The molecule has 2 aromatic carbocycles. The second kappa shape index (κ2) is 20.2. The summed E-state index contributed by atoms with van der Waals surface area (Å²) in [5, 5.41) is 3.79. The molecule has 5 fully saturated rings. The van der Waals surface area contributed by atoms with Crippen molar-refractivity contribution in [3.8, 4) is 0 Å². The summed E-state index contributed by atoms with van der Waals surface area (Å²) in [5.74, 6) is -0.396. The fraction of sp³-hybridized carbons (Fsp3) is 0.607. The molecular formula is C56H75ClN3O9S+. The maximum atomic E-state index is 13.2. The number of benzene rings is 2. The van der Waals surface area contributed by atoms with E-state index in [-0.39, 0.29) is 34.3 Å². The highest BCUT2D eigenvalue weighted by molar-refractivity contribution is 7.85. The van der Waals surface area contributed by atoms with Crippen LogP contribution in [0.5, 0.6) is 0 Å². The normalized spacial score (nSPS) is 32.1. The Bertz CT molecular complexity index is 2590. The Hall–Kier alpha value is -3.82. The van der Waals surface area contributed by atoms with Crippen molar-refractivity contribution in [1.29, 1.82) is 0 Å². The highest BCUT2D eigenvalue weighted by Gasteiger charge is 2.70. The highest BCUT2D eigenvalue weighted by Crippen LogP contribution is 2.61. The number of unbranched alkanes of at least 4 members (excludes halogenated alkanes) is 4. The standard InChI is InChI=1S/C56H74ClN3O9S/c1-37-25-28-42-38(2)50(65-51-56(42)41(37)31-32-55(7,67-51)68-69-56)66-52(61)58-33-14-8-9-15-34-59-45-23-12-10-21-43(45)53(3,4)47(59)29-26-39-19-18-20-40(49(39)57)27-30-48-54(5,6)44-22-11-13-24-46(44)60(48)35-16-17-36-70(62,63)64/h10-13,21-24,26-27,29-30,37-38,41-42,50-51H,8-9,14-20,25,28,31-36H2,1-7H3,(H-,58,61,62,63,64)/p+1/t37-,38-,41+,42+,50?,51-,55-,56-/m0/s1. The van der Waals surface area contributed by atoms with E-state index in [0.717, 1.165) is 105 Å². The molecular weight excluding hydrogens is 926 g/mol. The van der Waals surface area contributed by atoms with Crippen molar-refractivity contribution in [3.05, 3.63) is 106 Å². The van der Waals surface area contributed by atoms with Crippen LogP contribution in [0.25, 0.3) is 0 Å². The number of amides is 1. The number of alkyl carbamates (subject to hydrolysis) is 1. The Morgan fingerprint density at radius 3 is 2.44 bits per heavy atom. The van der Waals surface area contributed by atoms with Crippen molar-refractivity contribution in [3.63, 3.8) is 0 Å². The number of hydrogen-bond donors (Lipinski definition) is 2. The molecule has 4 saturated heterocycles. The van der Waals surface area contributed by atoms with Crippen molar-refractivity contribution in [2.75, 3.05) is 30.3 Å².